The zero-order valence-electron chi connectivity index (χ0n) is 12.2. The van der Waals surface area contributed by atoms with Crippen LogP contribution >= 0.6 is 46.0 Å². The molecule has 1 atom stereocenters. The van der Waals surface area contributed by atoms with Gasteiger partial charge in [-0.1, -0.05) is 11.3 Å². The number of thiophene rings is 1. The van der Waals surface area contributed by atoms with E-state index in [0.29, 0.717) is 16.4 Å². The molecule has 0 radical (unpaired) electrons. The van der Waals surface area contributed by atoms with Gasteiger partial charge in [0, 0.05) is 12.6 Å². The van der Waals surface area contributed by atoms with Gasteiger partial charge in [-0.15, -0.1) is 21.5 Å². The van der Waals surface area contributed by atoms with E-state index in [2.05, 4.69) is 20.4 Å². The van der Waals surface area contributed by atoms with Gasteiger partial charge in [0.1, 0.15) is 0 Å². The number of hydrogen-bond donors (Lipinski definition) is 1. The van der Waals surface area contributed by atoms with E-state index in [1.165, 1.54) is 60.4 Å². The smallest absolute Gasteiger partial charge is 0.261 e. The van der Waals surface area contributed by atoms with E-state index < -0.39 is 0 Å². The highest BCUT2D eigenvalue weighted by molar-refractivity contribution is 8.02. The molecule has 122 valence electrons. The number of carbonyl (C=O) groups excluding carboxylic acids is 1. The van der Waals surface area contributed by atoms with Crippen molar-refractivity contribution < 1.29 is 4.79 Å². The number of halogens is 1. The Morgan fingerprint density at radius 2 is 2.13 bits per heavy atom. The second-order valence-electron chi connectivity index (χ2n) is 5.76. The lowest BCUT2D eigenvalue weighted by atomic mass is 9.84. The number of rotatable bonds is 4. The van der Waals surface area contributed by atoms with Gasteiger partial charge in [-0.25, -0.2) is 0 Å². The molecule has 5 rings (SSSR count). The van der Waals surface area contributed by atoms with Gasteiger partial charge < -0.3 is 10.2 Å². The topological polar surface area (TPSA) is 58.1 Å². The Hall–Kier alpha value is -0.670. The van der Waals surface area contributed by atoms with Crippen LogP contribution in [0.4, 0.5) is 0 Å². The van der Waals surface area contributed by atoms with Crippen molar-refractivity contribution in [2.24, 2.45) is 5.92 Å². The van der Waals surface area contributed by atoms with Gasteiger partial charge in [0.05, 0.1) is 9.09 Å². The van der Waals surface area contributed by atoms with Crippen molar-refractivity contribution in [2.75, 3.05) is 19.6 Å². The molecule has 9 heteroatoms. The molecule has 3 saturated heterocycles. The first kappa shape index (κ1) is 15.8. The Morgan fingerprint density at radius 3 is 2.78 bits per heavy atom. The highest BCUT2D eigenvalue weighted by Gasteiger charge is 2.35. The predicted octanol–water partition coefficient (Wildman–Crippen LogP) is 3.23. The van der Waals surface area contributed by atoms with Crippen LogP contribution in [0.5, 0.6) is 0 Å². The molecule has 5 nitrogen and oxygen atoms in total. The summed E-state index contributed by atoms with van der Waals surface area (Å²) in [5.41, 5.74) is 0. The summed E-state index contributed by atoms with van der Waals surface area (Å²) in [4.78, 5) is 15.7. The van der Waals surface area contributed by atoms with Gasteiger partial charge in [-0.05, 0) is 67.3 Å². The molecule has 0 aromatic carbocycles. The minimum Gasteiger partial charge on any atom is -0.347 e. The maximum atomic E-state index is 12.5. The Morgan fingerprint density at radius 1 is 1.30 bits per heavy atom. The molecule has 1 amide bonds. The molecule has 1 N–H and O–H groups in total. The molecule has 2 aromatic heterocycles. The minimum atomic E-state index is 0.0379. The molecule has 0 saturated carbocycles. The average molecular weight is 387 g/mol. The van der Waals surface area contributed by atoms with Crippen LogP contribution in [0.3, 0.4) is 0 Å². The van der Waals surface area contributed by atoms with Crippen LogP contribution in [0.25, 0.3) is 0 Å². The Labute approximate surface area is 151 Å². The molecule has 5 heterocycles. The first-order valence-corrected chi connectivity index (χ1v) is 10.3. The standard InChI is InChI=1S/C14H15ClN4OS3/c15-13-17-18-14(23-13)22-11-2-1-10(21-11)12(20)16-9-7-19-5-3-8(9)4-6-19/h1-2,8-9H,3-7H2,(H,16,20)/t9-/m0/s1. The quantitative estimate of drug-likeness (QED) is 0.874. The summed E-state index contributed by atoms with van der Waals surface area (Å²) >= 11 is 10.1. The SMILES string of the molecule is O=C(N[C@H]1CN2CCC1CC2)c1ccc(Sc2nnc(Cl)s2)s1. The lowest BCUT2D eigenvalue weighted by molar-refractivity contribution is 0.0622. The predicted molar refractivity (Wildman–Crippen MR) is 93.8 cm³/mol. The Balaban J connectivity index is 1.39. The molecule has 23 heavy (non-hydrogen) atoms. The van der Waals surface area contributed by atoms with E-state index in [1.54, 1.807) is 0 Å². The minimum absolute atomic E-state index is 0.0379. The van der Waals surface area contributed by atoms with Gasteiger partial charge in [0.25, 0.3) is 5.91 Å². The number of amides is 1. The van der Waals surface area contributed by atoms with E-state index in [1.807, 2.05) is 12.1 Å². The lowest BCUT2D eigenvalue weighted by Gasteiger charge is -2.44. The maximum absolute atomic E-state index is 12.5. The van der Waals surface area contributed by atoms with Crippen LogP contribution in [-0.2, 0) is 0 Å². The molecule has 3 aliphatic heterocycles. The number of aromatic nitrogens is 2. The van der Waals surface area contributed by atoms with E-state index >= 15 is 0 Å². The van der Waals surface area contributed by atoms with Crippen molar-refractivity contribution in [3.05, 3.63) is 21.5 Å². The van der Waals surface area contributed by atoms with Crippen molar-refractivity contribution in [2.45, 2.75) is 27.4 Å². The number of nitrogens with one attached hydrogen (secondary N) is 1. The molecular weight excluding hydrogens is 372 g/mol. The van der Waals surface area contributed by atoms with E-state index in [-0.39, 0.29) is 5.91 Å². The van der Waals surface area contributed by atoms with Crippen molar-refractivity contribution >= 4 is 51.9 Å². The van der Waals surface area contributed by atoms with Crippen LogP contribution in [-0.4, -0.2) is 46.7 Å². The van der Waals surface area contributed by atoms with Crippen molar-refractivity contribution in [1.82, 2.24) is 20.4 Å². The largest absolute Gasteiger partial charge is 0.347 e. The third kappa shape index (κ3) is 3.56. The third-order valence-electron chi connectivity index (χ3n) is 4.35. The number of carbonyl (C=O) groups is 1. The number of nitrogens with zero attached hydrogens (tertiary/aromatic N) is 3. The summed E-state index contributed by atoms with van der Waals surface area (Å²) in [7, 11) is 0. The maximum Gasteiger partial charge on any atom is 0.261 e. The summed E-state index contributed by atoms with van der Waals surface area (Å²) < 4.78 is 2.25. The second kappa shape index (κ2) is 6.68. The molecule has 2 bridgehead atoms. The fourth-order valence-electron chi connectivity index (χ4n) is 3.19. The van der Waals surface area contributed by atoms with Gasteiger partial charge in [-0.2, -0.15) is 0 Å². The molecular formula is C14H15ClN4OS3. The molecule has 0 unspecified atom stereocenters. The van der Waals surface area contributed by atoms with Gasteiger partial charge >= 0.3 is 0 Å². The fourth-order valence-corrected chi connectivity index (χ4v) is 6.42. The average Bonchev–Trinajstić information content (AvgIpc) is 3.18. The highest BCUT2D eigenvalue weighted by Crippen LogP contribution is 2.36. The molecule has 2 aromatic rings. The van der Waals surface area contributed by atoms with Gasteiger partial charge in [0.15, 0.2) is 4.34 Å². The van der Waals surface area contributed by atoms with E-state index in [4.69, 9.17) is 11.6 Å². The van der Waals surface area contributed by atoms with Crippen LogP contribution in [0, 0.1) is 5.92 Å². The monoisotopic (exact) mass is 386 g/mol. The Kier molecular flexibility index (Phi) is 4.60. The van der Waals surface area contributed by atoms with Crippen LogP contribution in [0.1, 0.15) is 22.5 Å². The summed E-state index contributed by atoms with van der Waals surface area (Å²) in [6.45, 7) is 3.36. The molecule has 3 fully saturated rings. The third-order valence-corrected chi connectivity index (χ3v) is 7.63. The summed E-state index contributed by atoms with van der Waals surface area (Å²) in [6, 6.07) is 4.13. The highest BCUT2D eigenvalue weighted by atomic mass is 35.5. The first-order valence-electron chi connectivity index (χ1n) is 7.47. The lowest BCUT2D eigenvalue weighted by Crippen LogP contribution is -2.57. The van der Waals surface area contributed by atoms with Gasteiger partial charge in [-0.3, -0.25) is 4.79 Å². The molecule has 0 spiro atoms. The number of piperidine rings is 3. The summed E-state index contributed by atoms with van der Waals surface area (Å²) in [6.07, 6.45) is 2.41. The van der Waals surface area contributed by atoms with E-state index in [0.717, 1.165) is 20.0 Å². The molecule has 3 aliphatic rings. The zero-order chi connectivity index (χ0) is 15.8. The van der Waals surface area contributed by atoms with Crippen molar-refractivity contribution in [1.29, 1.82) is 0 Å². The number of hydrogen-bond acceptors (Lipinski definition) is 7. The van der Waals surface area contributed by atoms with Crippen LogP contribution < -0.4 is 5.32 Å². The normalized spacial score (nSPS) is 26.4. The number of fused-ring (bicyclic) bond motifs is 3. The molecule has 0 aliphatic carbocycles. The zero-order valence-corrected chi connectivity index (χ0v) is 15.4. The second-order valence-corrected chi connectivity index (χ2v) is 9.95. The summed E-state index contributed by atoms with van der Waals surface area (Å²) in [5.74, 6) is 0.678. The van der Waals surface area contributed by atoms with Crippen molar-refractivity contribution in [3.8, 4) is 0 Å². The van der Waals surface area contributed by atoms with E-state index in [9.17, 15) is 4.79 Å². The fraction of sp³-hybridized carbons (Fsp3) is 0.500. The summed E-state index contributed by atoms with van der Waals surface area (Å²) in [5, 5.41) is 11.0. The Bertz CT molecular complexity index is 710. The van der Waals surface area contributed by atoms with Crippen molar-refractivity contribution in [3.63, 3.8) is 0 Å². The van der Waals surface area contributed by atoms with Crippen LogP contribution in [0.15, 0.2) is 20.7 Å². The van der Waals surface area contributed by atoms with Crippen LogP contribution in [0.2, 0.25) is 4.47 Å². The first-order chi connectivity index (χ1) is 11.2. The van der Waals surface area contributed by atoms with Gasteiger partial charge in [0.2, 0.25) is 4.47 Å².